The van der Waals surface area contributed by atoms with E-state index in [2.05, 4.69) is 77.6 Å². The number of rotatable bonds is 4. The molecule has 0 radical (unpaired) electrons. The van der Waals surface area contributed by atoms with Gasteiger partial charge in [-0.05, 0) is 66.7 Å². The molecule has 0 saturated carbocycles. The topological polar surface area (TPSA) is 54.1 Å². The molecule has 1 aliphatic rings. The molecule has 9 rings (SSSR count). The van der Waals surface area contributed by atoms with E-state index in [-0.39, 0.29) is 5.41 Å². The van der Waals surface area contributed by atoms with Gasteiger partial charge >= 0.3 is 0 Å². The highest BCUT2D eigenvalue weighted by atomic mass is 16.5. The monoisotopic (exact) mass is 598 g/mol. The molecule has 6 heteroatoms. The average Bonchev–Trinajstić information content (AvgIpc) is 3.59. The molecule has 0 atom stereocenters. The highest BCUT2D eigenvalue weighted by Gasteiger charge is 2.37. The van der Waals surface area contributed by atoms with Crippen LogP contribution in [-0.2, 0) is 12.5 Å². The summed E-state index contributed by atoms with van der Waals surface area (Å²) < 4.78 is 17.5. The summed E-state index contributed by atoms with van der Waals surface area (Å²) in [5.74, 6) is 4.99. The predicted octanol–water partition coefficient (Wildman–Crippen LogP) is 9.96. The smallest absolute Gasteiger partial charge is 0.140 e. The fourth-order valence-electron chi connectivity index (χ4n) is 7.11. The van der Waals surface area contributed by atoms with E-state index in [1.165, 1.54) is 0 Å². The number of para-hydroxylation sites is 3. The van der Waals surface area contributed by atoms with Gasteiger partial charge in [0.2, 0.25) is 0 Å². The number of hydrogen-bond acceptors (Lipinski definition) is 4. The van der Waals surface area contributed by atoms with Crippen molar-refractivity contribution in [3.63, 3.8) is 0 Å². The molecule has 3 aromatic heterocycles. The Kier molecular flexibility index (Phi) is 5.66. The van der Waals surface area contributed by atoms with E-state index in [0.717, 1.165) is 84.2 Å². The molecule has 0 fully saturated rings. The minimum Gasteiger partial charge on any atom is -0.457 e. The third kappa shape index (κ3) is 3.90. The molecule has 1 aliphatic heterocycles. The summed E-state index contributed by atoms with van der Waals surface area (Å²) in [5.41, 5.74) is 7.16. The van der Waals surface area contributed by atoms with Crippen molar-refractivity contribution >= 4 is 32.8 Å². The summed E-state index contributed by atoms with van der Waals surface area (Å²) in [6.45, 7) is 4.55. The number of hydrogen-bond donors (Lipinski definition) is 0. The van der Waals surface area contributed by atoms with Crippen molar-refractivity contribution in [1.82, 2.24) is 19.1 Å². The SMILES string of the molecule is Cn1c(-c2cccc(Oc3ccc4c5ccc6c(c5n(-c5ccccn5)c4c3)C(C)(C)c3ccccc3O6)c2)nc2ccccc21. The molecule has 222 valence electrons. The zero-order valence-electron chi connectivity index (χ0n) is 25.7. The van der Waals surface area contributed by atoms with Gasteiger partial charge in [0.25, 0.3) is 0 Å². The molecule has 0 N–H and O–H groups in total. The Bertz CT molecular complexity index is 2470. The van der Waals surface area contributed by atoms with Gasteiger partial charge in [0.1, 0.15) is 34.6 Å². The first-order valence-electron chi connectivity index (χ1n) is 15.5. The van der Waals surface area contributed by atoms with Crippen molar-refractivity contribution in [2.45, 2.75) is 19.3 Å². The van der Waals surface area contributed by atoms with Crippen molar-refractivity contribution < 1.29 is 9.47 Å². The van der Waals surface area contributed by atoms with Crippen LogP contribution in [0.2, 0.25) is 0 Å². The normalized spacial score (nSPS) is 13.5. The zero-order chi connectivity index (χ0) is 31.0. The van der Waals surface area contributed by atoms with Gasteiger partial charge < -0.3 is 14.0 Å². The van der Waals surface area contributed by atoms with Crippen LogP contribution in [0, 0.1) is 0 Å². The molecule has 8 aromatic rings. The summed E-state index contributed by atoms with van der Waals surface area (Å²) in [6, 6.07) is 41.2. The highest BCUT2D eigenvalue weighted by molar-refractivity contribution is 6.11. The van der Waals surface area contributed by atoms with Crippen LogP contribution < -0.4 is 9.47 Å². The Morgan fingerprint density at radius 1 is 0.696 bits per heavy atom. The first-order chi connectivity index (χ1) is 22.5. The molecule has 5 aromatic carbocycles. The summed E-state index contributed by atoms with van der Waals surface area (Å²) in [7, 11) is 2.05. The van der Waals surface area contributed by atoms with Crippen LogP contribution in [0.4, 0.5) is 0 Å². The van der Waals surface area contributed by atoms with Gasteiger partial charge in [-0.2, -0.15) is 0 Å². The van der Waals surface area contributed by atoms with Gasteiger partial charge in [0, 0.05) is 52.2 Å². The van der Waals surface area contributed by atoms with Crippen LogP contribution in [0.15, 0.2) is 128 Å². The third-order valence-corrected chi connectivity index (χ3v) is 9.26. The molecule has 0 spiro atoms. The largest absolute Gasteiger partial charge is 0.457 e. The second-order valence-electron chi connectivity index (χ2n) is 12.4. The number of ether oxygens (including phenoxy) is 2. The molecule has 0 unspecified atom stereocenters. The minimum absolute atomic E-state index is 0.305. The van der Waals surface area contributed by atoms with Crippen molar-refractivity contribution in [2.75, 3.05) is 0 Å². The number of aryl methyl sites for hydroxylation is 1. The third-order valence-electron chi connectivity index (χ3n) is 9.26. The maximum absolute atomic E-state index is 6.55. The Morgan fingerprint density at radius 3 is 2.37 bits per heavy atom. The lowest BCUT2D eigenvalue weighted by Gasteiger charge is -2.35. The van der Waals surface area contributed by atoms with Crippen molar-refractivity contribution in [1.29, 1.82) is 0 Å². The second kappa shape index (κ2) is 9.81. The summed E-state index contributed by atoms with van der Waals surface area (Å²) >= 11 is 0. The van der Waals surface area contributed by atoms with Crippen molar-refractivity contribution in [3.05, 3.63) is 139 Å². The quantitative estimate of drug-likeness (QED) is 0.202. The van der Waals surface area contributed by atoms with Gasteiger partial charge in [-0.15, -0.1) is 0 Å². The number of imidazole rings is 1. The fourth-order valence-corrected chi connectivity index (χ4v) is 7.11. The molecule has 6 nitrogen and oxygen atoms in total. The number of benzene rings is 5. The molecule has 0 aliphatic carbocycles. The summed E-state index contributed by atoms with van der Waals surface area (Å²) in [6.07, 6.45) is 1.84. The molecular weight excluding hydrogens is 568 g/mol. The number of aromatic nitrogens is 4. The maximum atomic E-state index is 6.55. The Labute approximate surface area is 266 Å². The number of pyridine rings is 1. The standard InChI is InChI=1S/C40H30N4O2/c1-40(2)30-13-4-7-16-34(30)46-35-21-20-29-28-19-18-27(24-33(28)44(38(29)37(35)40)36-17-8-9-22-41-36)45-26-12-10-11-25(23-26)39-42-31-14-5-6-15-32(31)43(39)3/h4-24H,1-3H3. The molecule has 4 heterocycles. The Hall–Kier alpha value is -5.88. The van der Waals surface area contributed by atoms with E-state index in [1.54, 1.807) is 0 Å². The molecule has 0 bridgehead atoms. The summed E-state index contributed by atoms with van der Waals surface area (Å²) in [5, 5.41) is 2.27. The number of fused-ring (bicyclic) bond motifs is 7. The van der Waals surface area contributed by atoms with E-state index >= 15 is 0 Å². The fraction of sp³-hybridized carbons (Fsp3) is 0.100. The van der Waals surface area contributed by atoms with Crippen LogP contribution in [0.1, 0.15) is 25.0 Å². The first-order valence-corrected chi connectivity index (χ1v) is 15.5. The van der Waals surface area contributed by atoms with Gasteiger partial charge in [-0.3, -0.25) is 4.57 Å². The van der Waals surface area contributed by atoms with Crippen LogP contribution in [0.5, 0.6) is 23.0 Å². The van der Waals surface area contributed by atoms with E-state index in [9.17, 15) is 0 Å². The lowest BCUT2D eigenvalue weighted by atomic mass is 9.75. The predicted molar refractivity (Wildman–Crippen MR) is 183 cm³/mol. The van der Waals surface area contributed by atoms with E-state index in [4.69, 9.17) is 19.4 Å². The lowest BCUT2D eigenvalue weighted by molar-refractivity contribution is 0.420. The van der Waals surface area contributed by atoms with E-state index in [0.29, 0.717) is 0 Å². The average molecular weight is 599 g/mol. The molecule has 0 saturated heterocycles. The first kappa shape index (κ1) is 26.5. The van der Waals surface area contributed by atoms with E-state index < -0.39 is 0 Å². The van der Waals surface area contributed by atoms with Gasteiger partial charge in [-0.25, -0.2) is 9.97 Å². The lowest BCUT2D eigenvalue weighted by Crippen LogP contribution is -2.25. The van der Waals surface area contributed by atoms with Gasteiger partial charge in [-0.1, -0.05) is 62.4 Å². The number of nitrogens with zero attached hydrogens (tertiary/aromatic N) is 4. The molecule has 46 heavy (non-hydrogen) atoms. The molecular formula is C40H30N4O2. The van der Waals surface area contributed by atoms with Crippen LogP contribution in [-0.4, -0.2) is 19.1 Å². The van der Waals surface area contributed by atoms with Gasteiger partial charge in [0.15, 0.2) is 0 Å². The maximum Gasteiger partial charge on any atom is 0.140 e. The minimum atomic E-state index is -0.305. The molecule has 0 amide bonds. The van der Waals surface area contributed by atoms with Crippen LogP contribution in [0.25, 0.3) is 50.0 Å². The van der Waals surface area contributed by atoms with Crippen LogP contribution in [0.3, 0.4) is 0 Å². The Morgan fingerprint density at radius 2 is 1.50 bits per heavy atom. The van der Waals surface area contributed by atoms with Crippen molar-refractivity contribution in [3.8, 4) is 40.2 Å². The van der Waals surface area contributed by atoms with Crippen molar-refractivity contribution in [2.24, 2.45) is 7.05 Å². The zero-order valence-corrected chi connectivity index (χ0v) is 25.7. The second-order valence-corrected chi connectivity index (χ2v) is 12.4. The highest BCUT2D eigenvalue weighted by Crippen LogP contribution is 2.52. The van der Waals surface area contributed by atoms with Crippen LogP contribution >= 0.6 is 0 Å². The van der Waals surface area contributed by atoms with E-state index in [1.807, 2.05) is 80.0 Å². The Balaban J connectivity index is 1.21. The van der Waals surface area contributed by atoms with Gasteiger partial charge in [0.05, 0.1) is 22.1 Å². The summed E-state index contributed by atoms with van der Waals surface area (Å²) in [4.78, 5) is 9.71.